The lowest BCUT2D eigenvalue weighted by Gasteiger charge is -2.30. The zero-order valence-electron chi connectivity index (χ0n) is 11.1. The van der Waals surface area contributed by atoms with Crippen molar-refractivity contribution in [2.24, 2.45) is 0 Å². The zero-order chi connectivity index (χ0) is 14.8. The molecule has 20 heavy (non-hydrogen) atoms. The maximum Gasteiger partial charge on any atom is 0.451 e. The highest BCUT2D eigenvalue weighted by Gasteiger charge is 2.39. The number of unbranched alkanes of at least 4 members (excludes halogenated alkanes) is 1. The maximum atomic E-state index is 12.7. The Morgan fingerprint density at radius 1 is 1.35 bits per heavy atom. The molecule has 1 aromatic rings. The fourth-order valence-electron chi connectivity index (χ4n) is 2.02. The molecule has 0 fully saturated rings. The Kier molecular flexibility index (Phi) is 4.46. The normalized spacial score (nSPS) is 15.1. The van der Waals surface area contributed by atoms with E-state index in [-0.39, 0.29) is 13.1 Å². The maximum absolute atomic E-state index is 12.7. The van der Waals surface area contributed by atoms with Gasteiger partial charge < -0.3 is 14.8 Å². The lowest BCUT2D eigenvalue weighted by Crippen LogP contribution is -2.44. The van der Waals surface area contributed by atoms with Crippen LogP contribution in [0.1, 0.15) is 31.4 Å². The van der Waals surface area contributed by atoms with Crippen LogP contribution >= 0.6 is 12.2 Å². The first-order valence-electron chi connectivity index (χ1n) is 6.45. The van der Waals surface area contributed by atoms with Crippen molar-refractivity contribution in [1.29, 1.82) is 0 Å². The SMILES string of the molecule is CCCCNC(=S)N1CCn2c(nnc2C(F)(F)F)C1. The molecule has 1 aliphatic heterocycles. The number of aromatic nitrogens is 3. The summed E-state index contributed by atoms with van der Waals surface area (Å²) in [5.41, 5.74) is 0. The predicted octanol–water partition coefficient (Wildman–Crippen LogP) is 1.79. The molecule has 1 aliphatic rings. The molecular formula is C11H16F3N5S. The Morgan fingerprint density at radius 3 is 2.75 bits per heavy atom. The van der Waals surface area contributed by atoms with E-state index in [1.165, 1.54) is 0 Å². The predicted molar refractivity (Wildman–Crippen MR) is 70.9 cm³/mol. The van der Waals surface area contributed by atoms with Crippen molar-refractivity contribution >= 4 is 17.3 Å². The molecule has 5 nitrogen and oxygen atoms in total. The van der Waals surface area contributed by atoms with Crippen LogP contribution in [-0.2, 0) is 19.3 Å². The van der Waals surface area contributed by atoms with Gasteiger partial charge in [0.2, 0.25) is 5.82 Å². The highest BCUT2D eigenvalue weighted by molar-refractivity contribution is 7.80. The molecule has 0 aliphatic carbocycles. The molecule has 9 heteroatoms. The molecule has 2 heterocycles. The first-order valence-corrected chi connectivity index (χ1v) is 6.86. The van der Waals surface area contributed by atoms with Crippen LogP contribution in [0, 0.1) is 0 Å². The van der Waals surface area contributed by atoms with Crippen LogP contribution < -0.4 is 5.32 Å². The highest BCUT2D eigenvalue weighted by Crippen LogP contribution is 2.29. The van der Waals surface area contributed by atoms with Crippen molar-refractivity contribution in [3.63, 3.8) is 0 Å². The van der Waals surface area contributed by atoms with E-state index < -0.39 is 12.0 Å². The number of halogens is 3. The van der Waals surface area contributed by atoms with Gasteiger partial charge in [-0.15, -0.1) is 10.2 Å². The smallest absolute Gasteiger partial charge is 0.363 e. The van der Waals surface area contributed by atoms with Gasteiger partial charge in [0.25, 0.3) is 0 Å². The van der Waals surface area contributed by atoms with Crippen LogP contribution in [-0.4, -0.2) is 37.9 Å². The Labute approximate surface area is 120 Å². The molecule has 0 saturated heterocycles. The van der Waals surface area contributed by atoms with Crippen LogP contribution in [0.4, 0.5) is 13.2 Å². The molecule has 0 atom stereocenters. The molecule has 0 saturated carbocycles. The van der Waals surface area contributed by atoms with Crippen molar-refractivity contribution in [3.05, 3.63) is 11.6 Å². The first kappa shape index (κ1) is 15.0. The molecule has 0 aromatic carbocycles. The summed E-state index contributed by atoms with van der Waals surface area (Å²) in [6, 6.07) is 0. The number of rotatable bonds is 3. The highest BCUT2D eigenvalue weighted by atomic mass is 32.1. The molecule has 0 unspecified atom stereocenters. The van der Waals surface area contributed by atoms with Gasteiger partial charge in [0.05, 0.1) is 6.54 Å². The van der Waals surface area contributed by atoms with Crippen LogP contribution in [0.15, 0.2) is 0 Å². The van der Waals surface area contributed by atoms with E-state index in [1.54, 1.807) is 0 Å². The minimum absolute atomic E-state index is 0.187. The van der Waals surface area contributed by atoms with Gasteiger partial charge >= 0.3 is 6.18 Å². The number of fused-ring (bicyclic) bond motifs is 1. The standard InChI is InChI=1S/C11H16F3N5S/c1-2-3-4-15-10(20)18-5-6-19-8(7-18)16-17-9(19)11(12,13)14/h2-7H2,1H3,(H,15,20). The average Bonchev–Trinajstić information content (AvgIpc) is 2.81. The lowest BCUT2D eigenvalue weighted by molar-refractivity contribution is -0.147. The Balaban J connectivity index is 2.02. The summed E-state index contributed by atoms with van der Waals surface area (Å²) in [7, 11) is 0. The third-order valence-corrected chi connectivity index (χ3v) is 3.50. The van der Waals surface area contributed by atoms with Crippen molar-refractivity contribution < 1.29 is 13.2 Å². The molecule has 0 radical (unpaired) electrons. The molecular weight excluding hydrogens is 291 g/mol. The van der Waals surface area contributed by atoms with E-state index in [0.29, 0.717) is 17.5 Å². The van der Waals surface area contributed by atoms with Gasteiger partial charge in [0.1, 0.15) is 0 Å². The number of hydrogen-bond donors (Lipinski definition) is 1. The quantitative estimate of drug-likeness (QED) is 0.681. The number of nitrogens with one attached hydrogen (secondary N) is 1. The topological polar surface area (TPSA) is 46.0 Å². The monoisotopic (exact) mass is 307 g/mol. The number of nitrogens with zero attached hydrogens (tertiary/aromatic N) is 4. The Bertz CT molecular complexity index is 485. The van der Waals surface area contributed by atoms with E-state index in [4.69, 9.17) is 12.2 Å². The molecule has 0 amide bonds. The average molecular weight is 307 g/mol. The summed E-state index contributed by atoms with van der Waals surface area (Å²) in [6.45, 7) is 3.71. The van der Waals surface area contributed by atoms with Gasteiger partial charge in [-0.1, -0.05) is 13.3 Å². The second kappa shape index (κ2) is 5.94. The fourth-order valence-corrected chi connectivity index (χ4v) is 2.28. The van der Waals surface area contributed by atoms with E-state index in [9.17, 15) is 13.2 Å². The Hall–Kier alpha value is -1.38. The Morgan fingerprint density at radius 2 is 2.10 bits per heavy atom. The van der Waals surface area contributed by atoms with Gasteiger partial charge in [0.15, 0.2) is 10.9 Å². The summed E-state index contributed by atoms with van der Waals surface area (Å²) in [6.07, 6.45) is -2.41. The number of alkyl halides is 3. The summed E-state index contributed by atoms with van der Waals surface area (Å²) < 4.78 is 39.2. The van der Waals surface area contributed by atoms with Crippen molar-refractivity contribution in [3.8, 4) is 0 Å². The van der Waals surface area contributed by atoms with E-state index >= 15 is 0 Å². The number of hydrogen-bond acceptors (Lipinski definition) is 3. The summed E-state index contributed by atoms with van der Waals surface area (Å²) >= 11 is 5.23. The van der Waals surface area contributed by atoms with Crippen LogP contribution in [0.2, 0.25) is 0 Å². The van der Waals surface area contributed by atoms with Crippen LogP contribution in [0.3, 0.4) is 0 Å². The van der Waals surface area contributed by atoms with Gasteiger partial charge in [-0.3, -0.25) is 0 Å². The second-order valence-electron chi connectivity index (χ2n) is 4.60. The second-order valence-corrected chi connectivity index (χ2v) is 4.98. The third kappa shape index (κ3) is 3.20. The zero-order valence-corrected chi connectivity index (χ0v) is 11.9. The summed E-state index contributed by atoms with van der Waals surface area (Å²) in [5, 5.41) is 10.5. The molecule has 0 bridgehead atoms. The molecule has 0 spiro atoms. The van der Waals surface area contributed by atoms with E-state index in [2.05, 4.69) is 22.4 Å². The van der Waals surface area contributed by atoms with Crippen LogP contribution in [0.25, 0.3) is 0 Å². The van der Waals surface area contributed by atoms with Gasteiger partial charge in [-0.05, 0) is 18.6 Å². The van der Waals surface area contributed by atoms with Crippen molar-refractivity contribution in [1.82, 2.24) is 25.0 Å². The molecule has 1 aromatic heterocycles. The first-order chi connectivity index (χ1) is 9.43. The molecule has 112 valence electrons. The van der Waals surface area contributed by atoms with E-state index in [0.717, 1.165) is 24.0 Å². The summed E-state index contributed by atoms with van der Waals surface area (Å²) in [5.74, 6) is -0.639. The molecule has 1 N–H and O–H groups in total. The number of thiocarbonyl (C=S) groups is 1. The van der Waals surface area contributed by atoms with Gasteiger partial charge in [0, 0.05) is 19.6 Å². The fraction of sp³-hybridized carbons (Fsp3) is 0.727. The third-order valence-electron chi connectivity index (χ3n) is 3.10. The molecule has 2 rings (SSSR count). The van der Waals surface area contributed by atoms with Crippen molar-refractivity contribution in [2.45, 2.75) is 39.0 Å². The lowest BCUT2D eigenvalue weighted by atomic mass is 10.3. The van der Waals surface area contributed by atoms with Crippen LogP contribution in [0.5, 0.6) is 0 Å². The minimum atomic E-state index is -4.46. The van der Waals surface area contributed by atoms with E-state index in [1.807, 2.05) is 4.90 Å². The van der Waals surface area contributed by atoms with Gasteiger partial charge in [-0.2, -0.15) is 13.2 Å². The van der Waals surface area contributed by atoms with Crippen molar-refractivity contribution in [2.75, 3.05) is 13.1 Å². The van der Waals surface area contributed by atoms with Gasteiger partial charge in [-0.25, -0.2) is 0 Å². The largest absolute Gasteiger partial charge is 0.451 e. The summed E-state index contributed by atoms with van der Waals surface area (Å²) in [4.78, 5) is 1.81. The minimum Gasteiger partial charge on any atom is -0.363 e.